The highest BCUT2D eigenvalue weighted by atomic mass is 35.5. The lowest BCUT2D eigenvalue weighted by molar-refractivity contribution is -0.137. The van der Waals surface area contributed by atoms with E-state index in [1.165, 1.54) is 11.1 Å². The fourth-order valence-corrected chi connectivity index (χ4v) is 7.89. The van der Waals surface area contributed by atoms with Crippen LogP contribution >= 0.6 is 23.2 Å². The summed E-state index contributed by atoms with van der Waals surface area (Å²) < 4.78 is 0. The third-order valence-corrected chi connectivity index (χ3v) is 9.68. The van der Waals surface area contributed by atoms with Gasteiger partial charge in [-0.15, -0.1) is 23.2 Å². The maximum absolute atomic E-state index is 12.6. The van der Waals surface area contributed by atoms with E-state index in [0.29, 0.717) is 48.4 Å². The Morgan fingerprint density at radius 3 is 2.39 bits per heavy atom. The predicted octanol–water partition coefficient (Wildman–Crippen LogP) is 6.61. The van der Waals surface area contributed by atoms with Gasteiger partial charge in [-0.1, -0.05) is 37.3 Å². The summed E-state index contributed by atoms with van der Waals surface area (Å²) in [5, 5.41) is 10.2. The van der Waals surface area contributed by atoms with E-state index in [0.717, 1.165) is 55.3 Å². The number of halogens is 2. The molecular formula is C30H35Cl2NO3. The van der Waals surface area contributed by atoms with Crippen molar-refractivity contribution in [2.75, 3.05) is 29.7 Å². The number of aryl methyl sites for hydroxylation is 1. The van der Waals surface area contributed by atoms with Crippen LogP contribution in [-0.4, -0.2) is 41.7 Å². The molecule has 5 rings (SSSR count). The fraction of sp³-hybridized carbons (Fsp3) is 0.533. The molecule has 0 radical (unpaired) electrons. The summed E-state index contributed by atoms with van der Waals surface area (Å²) in [6, 6.07) is 14.1. The van der Waals surface area contributed by atoms with E-state index >= 15 is 0 Å². The lowest BCUT2D eigenvalue weighted by Crippen LogP contribution is -2.42. The van der Waals surface area contributed by atoms with Crippen molar-refractivity contribution in [3.05, 3.63) is 64.7 Å². The quantitative estimate of drug-likeness (QED) is 0.392. The average Bonchev–Trinajstić information content (AvgIpc) is 3.18. The number of ketones is 1. The number of carboxylic acids is 1. The Labute approximate surface area is 224 Å². The van der Waals surface area contributed by atoms with Gasteiger partial charge < -0.3 is 10.0 Å². The van der Waals surface area contributed by atoms with Crippen molar-refractivity contribution in [1.29, 1.82) is 0 Å². The van der Waals surface area contributed by atoms with Crippen LogP contribution in [0.3, 0.4) is 0 Å². The van der Waals surface area contributed by atoms with Crippen LogP contribution in [0.4, 0.5) is 5.69 Å². The lowest BCUT2D eigenvalue weighted by Gasteiger charge is -2.48. The Hall–Kier alpha value is -2.04. The number of anilines is 1. The Balaban J connectivity index is 1.40. The third-order valence-electron chi connectivity index (χ3n) is 9.34. The molecule has 5 atom stereocenters. The molecule has 4 nitrogen and oxygen atoms in total. The van der Waals surface area contributed by atoms with Gasteiger partial charge in [-0.2, -0.15) is 0 Å². The summed E-state index contributed by atoms with van der Waals surface area (Å²) in [6.45, 7) is 3.59. The second kappa shape index (κ2) is 10.4. The minimum Gasteiger partial charge on any atom is -0.481 e. The van der Waals surface area contributed by atoms with Gasteiger partial charge in [0.2, 0.25) is 0 Å². The molecule has 2 fully saturated rings. The van der Waals surface area contributed by atoms with Gasteiger partial charge in [0.25, 0.3) is 0 Å². The molecule has 0 heterocycles. The van der Waals surface area contributed by atoms with E-state index in [1.807, 2.05) is 30.3 Å². The third kappa shape index (κ3) is 4.45. The maximum Gasteiger partial charge on any atom is 0.315 e. The minimum absolute atomic E-state index is 0.123. The second-order valence-electron chi connectivity index (χ2n) is 11.0. The first-order chi connectivity index (χ1) is 17.4. The first-order valence-electron chi connectivity index (χ1n) is 13.2. The number of benzene rings is 2. The van der Waals surface area contributed by atoms with Crippen LogP contribution in [0.2, 0.25) is 0 Å². The summed E-state index contributed by atoms with van der Waals surface area (Å²) >= 11 is 11.9. The fourth-order valence-electron chi connectivity index (χ4n) is 7.48. The van der Waals surface area contributed by atoms with E-state index < -0.39 is 11.9 Å². The predicted molar refractivity (Wildman–Crippen MR) is 146 cm³/mol. The molecule has 2 aromatic rings. The number of Topliss-reactive ketones (excluding diaryl/α,β-unsaturated/α-hetero) is 1. The Kier molecular flexibility index (Phi) is 7.38. The molecule has 0 aromatic heterocycles. The average molecular weight is 529 g/mol. The first-order valence-corrected chi connectivity index (χ1v) is 14.3. The molecule has 0 amide bonds. The molecule has 1 unspecified atom stereocenters. The molecule has 36 heavy (non-hydrogen) atoms. The largest absolute Gasteiger partial charge is 0.481 e. The van der Waals surface area contributed by atoms with E-state index in [-0.39, 0.29) is 5.41 Å². The molecule has 3 aliphatic carbocycles. The van der Waals surface area contributed by atoms with Crippen molar-refractivity contribution in [3.8, 4) is 0 Å². The van der Waals surface area contributed by atoms with E-state index in [9.17, 15) is 14.7 Å². The highest BCUT2D eigenvalue weighted by Gasteiger charge is 2.54. The molecule has 2 aromatic carbocycles. The Bertz CT molecular complexity index is 1130. The smallest absolute Gasteiger partial charge is 0.315 e. The molecule has 0 spiro atoms. The highest BCUT2D eigenvalue weighted by Crippen LogP contribution is 2.59. The second-order valence-corrected chi connectivity index (χ2v) is 11.8. The molecule has 0 saturated heterocycles. The maximum atomic E-state index is 12.6. The zero-order valence-electron chi connectivity index (χ0n) is 20.9. The number of hydrogen-bond donors (Lipinski definition) is 1. The molecule has 2 saturated carbocycles. The molecule has 3 aliphatic rings. The number of fused-ring (bicyclic) bond motifs is 5. The zero-order chi connectivity index (χ0) is 25.4. The molecule has 192 valence electrons. The van der Waals surface area contributed by atoms with Crippen LogP contribution in [0.1, 0.15) is 73.1 Å². The van der Waals surface area contributed by atoms with E-state index in [4.69, 9.17) is 23.2 Å². The van der Waals surface area contributed by atoms with Crippen molar-refractivity contribution in [1.82, 2.24) is 0 Å². The first kappa shape index (κ1) is 25.6. The molecule has 0 aliphatic heterocycles. The van der Waals surface area contributed by atoms with Gasteiger partial charge in [0, 0.05) is 42.4 Å². The van der Waals surface area contributed by atoms with Crippen molar-refractivity contribution in [2.45, 2.75) is 57.3 Å². The number of carbonyl (C=O) groups excluding carboxylic acids is 1. The summed E-state index contributed by atoms with van der Waals surface area (Å²) in [5.41, 5.74) is 5.16. The number of carbonyl (C=O) groups is 2. The Morgan fingerprint density at radius 1 is 1.03 bits per heavy atom. The molecule has 0 bridgehead atoms. The zero-order valence-corrected chi connectivity index (χ0v) is 22.4. The van der Waals surface area contributed by atoms with Gasteiger partial charge in [0.05, 0.1) is 0 Å². The monoisotopic (exact) mass is 527 g/mol. The lowest BCUT2D eigenvalue weighted by atomic mass is 9.55. The van der Waals surface area contributed by atoms with Crippen LogP contribution in [0.15, 0.2) is 42.5 Å². The van der Waals surface area contributed by atoms with Crippen molar-refractivity contribution < 1.29 is 14.7 Å². The molecule has 1 N–H and O–H groups in total. The molecule has 6 heteroatoms. The van der Waals surface area contributed by atoms with Gasteiger partial charge in [0.1, 0.15) is 11.7 Å². The SMILES string of the molecule is C[C@]12CC[C@@H]3c4ccc(C(C(=O)O)c5ccc(N(CCCl)CCCl)cc5)cc4CC[C@H]3[C@@H]1CCC2=O. The summed E-state index contributed by atoms with van der Waals surface area (Å²) in [6.07, 6.45) is 5.87. The number of alkyl halides is 2. The number of carboxylic acid groups (broad SMARTS) is 1. The van der Waals surface area contributed by atoms with Gasteiger partial charge in [-0.25, -0.2) is 0 Å². The number of aliphatic carboxylic acids is 1. The van der Waals surface area contributed by atoms with Crippen molar-refractivity contribution in [2.24, 2.45) is 17.3 Å². The standard InChI is InChI=1S/C30H35Cl2NO3/c1-30-13-12-24-23-8-5-21(18-20(23)4-9-25(24)26(30)10-11-27(30)34)28(29(35)36)19-2-6-22(7-3-19)33(16-14-31)17-15-32/h2-3,5-8,18,24-26,28H,4,9-17H2,1H3,(H,35,36)/t24-,25-,26+,28?,30+/m1/s1. The van der Waals surface area contributed by atoms with Crippen LogP contribution in [0.5, 0.6) is 0 Å². The number of hydrogen-bond acceptors (Lipinski definition) is 3. The highest BCUT2D eigenvalue weighted by molar-refractivity contribution is 6.18. The van der Waals surface area contributed by atoms with Crippen LogP contribution in [0, 0.1) is 17.3 Å². The molecular weight excluding hydrogens is 493 g/mol. The van der Waals surface area contributed by atoms with Crippen LogP contribution in [-0.2, 0) is 16.0 Å². The van der Waals surface area contributed by atoms with Gasteiger partial charge in [-0.05, 0) is 84.2 Å². The van der Waals surface area contributed by atoms with Crippen LogP contribution in [0.25, 0.3) is 0 Å². The summed E-state index contributed by atoms with van der Waals surface area (Å²) in [7, 11) is 0. The number of rotatable bonds is 8. The number of nitrogens with zero attached hydrogens (tertiary/aromatic N) is 1. The van der Waals surface area contributed by atoms with Crippen molar-refractivity contribution >= 4 is 40.6 Å². The normalized spacial score (nSPS) is 27.6. The Morgan fingerprint density at radius 2 is 1.72 bits per heavy atom. The minimum atomic E-state index is -0.840. The van der Waals surface area contributed by atoms with E-state index in [1.54, 1.807) is 0 Å². The van der Waals surface area contributed by atoms with Gasteiger partial charge >= 0.3 is 5.97 Å². The van der Waals surface area contributed by atoms with E-state index in [2.05, 4.69) is 24.0 Å². The topological polar surface area (TPSA) is 57.6 Å². The van der Waals surface area contributed by atoms with Gasteiger partial charge in [0.15, 0.2) is 0 Å². The van der Waals surface area contributed by atoms with Crippen molar-refractivity contribution in [3.63, 3.8) is 0 Å². The van der Waals surface area contributed by atoms with Gasteiger partial charge in [-0.3, -0.25) is 9.59 Å². The summed E-state index contributed by atoms with van der Waals surface area (Å²) in [4.78, 5) is 27.2. The van der Waals surface area contributed by atoms with Crippen LogP contribution < -0.4 is 4.90 Å². The summed E-state index contributed by atoms with van der Waals surface area (Å²) in [5.74, 6) is 1.48.